The van der Waals surface area contributed by atoms with Crippen LogP contribution in [0.1, 0.15) is 12.5 Å². The number of hydrogen-bond donors (Lipinski definition) is 2. The Morgan fingerprint density at radius 2 is 2.32 bits per heavy atom. The summed E-state index contributed by atoms with van der Waals surface area (Å²) in [5.41, 5.74) is -0.554. The smallest absolute Gasteiger partial charge is 0.243 e. The molecule has 2 heterocycles. The van der Waals surface area contributed by atoms with Crippen molar-refractivity contribution in [2.24, 2.45) is 7.05 Å². The first-order chi connectivity index (χ1) is 8.81. The Balaban J connectivity index is 2.10. The van der Waals surface area contributed by atoms with E-state index in [1.807, 2.05) is 5.38 Å². The van der Waals surface area contributed by atoms with Crippen molar-refractivity contribution in [3.63, 3.8) is 0 Å². The first-order valence-electron chi connectivity index (χ1n) is 5.55. The molecule has 0 aromatic carbocycles. The molecule has 2 N–H and O–H groups in total. The van der Waals surface area contributed by atoms with Crippen LogP contribution in [-0.4, -0.2) is 29.8 Å². The lowest BCUT2D eigenvalue weighted by molar-refractivity contribution is 0.0632. The van der Waals surface area contributed by atoms with E-state index in [9.17, 15) is 13.5 Å². The van der Waals surface area contributed by atoms with Gasteiger partial charge in [-0.3, -0.25) is 4.68 Å². The van der Waals surface area contributed by atoms with Gasteiger partial charge in [-0.1, -0.05) is 0 Å². The van der Waals surface area contributed by atoms with Gasteiger partial charge in [0, 0.05) is 19.8 Å². The molecule has 0 amide bonds. The fraction of sp³-hybridized carbons (Fsp3) is 0.364. The van der Waals surface area contributed by atoms with E-state index < -0.39 is 15.6 Å². The topological polar surface area (TPSA) is 84.2 Å². The Hall–Kier alpha value is -1.22. The van der Waals surface area contributed by atoms with E-state index in [2.05, 4.69) is 9.82 Å². The Morgan fingerprint density at radius 3 is 2.84 bits per heavy atom. The summed E-state index contributed by atoms with van der Waals surface area (Å²) in [5, 5.41) is 17.7. The molecule has 2 aromatic heterocycles. The van der Waals surface area contributed by atoms with Gasteiger partial charge < -0.3 is 5.11 Å². The van der Waals surface area contributed by atoms with Crippen molar-refractivity contribution < 1.29 is 13.5 Å². The third kappa shape index (κ3) is 3.21. The SMILES string of the molecule is Cn1cc(S(=O)(=O)NC[C@](C)(O)c2ccsc2)cn1. The molecule has 8 heteroatoms. The maximum atomic E-state index is 12.0. The van der Waals surface area contributed by atoms with Crippen molar-refractivity contribution >= 4 is 21.4 Å². The zero-order chi connectivity index (χ0) is 14.1. The van der Waals surface area contributed by atoms with Crippen LogP contribution < -0.4 is 4.72 Å². The highest BCUT2D eigenvalue weighted by Gasteiger charge is 2.27. The minimum absolute atomic E-state index is 0.0797. The number of aryl methyl sites for hydroxylation is 1. The van der Waals surface area contributed by atoms with Crippen LogP contribution in [0.4, 0.5) is 0 Å². The molecule has 19 heavy (non-hydrogen) atoms. The lowest BCUT2D eigenvalue weighted by Gasteiger charge is -2.22. The molecule has 0 spiro atoms. The first-order valence-corrected chi connectivity index (χ1v) is 7.97. The third-order valence-corrected chi connectivity index (χ3v) is 4.78. The van der Waals surface area contributed by atoms with Gasteiger partial charge in [0.1, 0.15) is 10.5 Å². The van der Waals surface area contributed by atoms with Gasteiger partial charge >= 0.3 is 0 Å². The second-order valence-electron chi connectivity index (χ2n) is 4.46. The number of rotatable bonds is 5. The molecule has 104 valence electrons. The van der Waals surface area contributed by atoms with Gasteiger partial charge in [-0.2, -0.15) is 16.4 Å². The summed E-state index contributed by atoms with van der Waals surface area (Å²) in [6.07, 6.45) is 2.67. The van der Waals surface area contributed by atoms with Crippen LogP contribution in [0.5, 0.6) is 0 Å². The van der Waals surface area contributed by atoms with Crippen molar-refractivity contribution in [3.8, 4) is 0 Å². The summed E-state index contributed by atoms with van der Waals surface area (Å²) in [5.74, 6) is 0. The third-order valence-electron chi connectivity index (χ3n) is 2.74. The van der Waals surface area contributed by atoms with Gasteiger partial charge in [-0.25, -0.2) is 13.1 Å². The molecule has 0 saturated heterocycles. The van der Waals surface area contributed by atoms with Crippen LogP contribution in [0.25, 0.3) is 0 Å². The maximum Gasteiger partial charge on any atom is 0.243 e. The van der Waals surface area contributed by atoms with E-state index in [0.29, 0.717) is 5.56 Å². The number of aromatic nitrogens is 2. The number of nitrogens with one attached hydrogen (secondary N) is 1. The number of aliphatic hydroxyl groups is 1. The summed E-state index contributed by atoms with van der Waals surface area (Å²) in [6.45, 7) is 1.47. The monoisotopic (exact) mass is 301 g/mol. The van der Waals surface area contributed by atoms with Crippen LogP contribution in [-0.2, 0) is 22.7 Å². The Labute approximate surface area is 115 Å². The Bertz CT molecular complexity index is 645. The molecule has 2 rings (SSSR count). The van der Waals surface area contributed by atoms with Gasteiger partial charge in [0.15, 0.2) is 0 Å². The lowest BCUT2D eigenvalue weighted by Crippen LogP contribution is -2.38. The average Bonchev–Trinajstić information content (AvgIpc) is 2.97. The molecule has 0 aliphatic heterocycles. The van der Waals surface area contributed by atoms with Gasteiger partial charge in [0.05, 0.1) is 6.20 Å². The molecule has 0 fully saturated rings. The van der Waals surface area contributed by atoms with Crippen LogP contribution in [0.3, 0.4) is 0 Å². The molecular formula is C11H15N3O3S2. The van der Waals surface area contributed by atoms with E-state index in [-0.39, 0.29) is 11.4 Å². The standard InChI is InChI=1S/C11H15N3O3S2/c1-11(15,9-3-4-18-7-9)8-13-19(16,17)10-5-12-14(2)6-10/h3-7,13,15H,8H2,1-2H3/t11-/m0/s1. The highest BCUT2D eigenvalue weighted by molar-refractivity contribution is 7.89. The molecule has 0 saturated carbocycles. The average molecular weight is 301 g/mol. The number of hydrogen-bond acceptors (Lipinski definition) is 5. The molecule has 0 radical (unpaired) electrons. The summed E-state index contributed by atoms with van der Waals surface area (Å²) in [7, 11) is -2.01. The summed E-state index contributed by atoms with van der Waals surface area (Å²) < 4.78 is 27.8. The zero-order valence-corrected chi connectivity index (χ0v) is 12.2. The summed E-state index contributed by atoms with van der Waals surface area (Å²) in [4.78, 5) is 0.0797. The predicted octanol–water partition coefficient (Wildman–Crippen LogP) is 0.668. The van der Waals surface area contributed by atoms with E-state index in [0.717, 1.165) is 0 Å². The number of thiophene rings is 1. The molecule has 0 unspecified atom stereocenters. The molecule has 0 bridgehead atoms. The van der Waals surface area contributed by atoms with Gasteiger partial charge in [-0.15, -0.1) is 0 Å². The number of nitrogens with zero attached hydrogens (tertiary/aromatic N) is 2. The predicted molar refractivity (Wildman–Crippen MR) is 72.3 cm³/mol. The van der Waals surface area contributed by atoms with Crippen LogP contribution in [0.2, 0.25) is 0 Å². The van der Waals surface area contributed by atoms with Crippen molar-refractivity contribution in [1.82, 2.24) is 14.5 Å². The normalized spacial score (nSPS) is 15.3. The second kappa shape index (κ2) is 5.04. The van der Waals surface area contributed by atoms with E-state index in [1.54, 1.807) is 25.4 Å². The summed E-state index contributed by atoms with van der Waals surface area (Å²) >= 11 is 1.45. The Kier molecular flexibility index (Phi) is 3.77. The lowest BCUT2D eigenvalue weighted by atomic mass is 10.0. The molecule has 6 nitrogen and oxygen atoms in total. The second-order valence-corrected chi connectivity index (χ2v) is 7.01. The number of sulfonamides is 1. The Morgan fingerprint density at radius 1 is 1.58 bits per heavy atom. The van der Waals surface area contributed by atoms with Crippen molar-refractivity contribution in [2.75, 3.05) is 6.54 Å². The minimum atomic E-state index is -3.65. The van der Waals surface area contributed by atoms with Gasteiger partial charge in [-0.05, 0) is 29.3 Å². The fourth-order valence-corrected chi connectivity index (χ4v) is 3.43. The van der Waals surface area contributed by atoms with E-state index >= 15 is 0 Å². The van der Waals surface area contributed by atoms with Crippen LogP contribution in [0, 0.1) is 0 Å². The molecular weight excluding hydrogens is 286 g/mol. The van der Waals surface area contributed by atoms with Crippen LogP contribution in [0.15, 0.2) is 34.1 Å². The quantitative estimate of drug-likeness (QED) is 0.850. The molecule has 2 aromatic rings. The zero-order valence-electron chi connectivity index (χ0n) is 10.6. The van der Waals surface area contributed by atoms with Gasteiger partial charge in [0.2, 0.25) is 10.0 Å². The van der Waals surface area contributed by atoms with Crippen LogP contribution >= 0.6 is 11.3 Å². The van der Waals surface area contributed by atoms with E-state index in [1.165, 1.54) is 28.4 Å². The highest BCUT2D eigenvalue weighted by Crippen LogP contribution is 2.22. The van der Waals surface area contributed by atoms with E-state index in [4.69, 9.17) is 0 Å². The van der Waals surface area contributed by atoms with Gasteiger partial charge in [0.25, 0.3) is 0 Å². The largest absolute Gasteiger partial charge is 0.384 e. The molecule has 1 atom stereocenters. The maximum absolute atomic E-state index is 12.0. The highest BCUT2D eigenvalue weighted by atomic mass is 32.2. The fourth-order valence-electron chi connectivity index (χ4n) is 1.53. The molecule has 0 aliphatic rings. The summed E-state index contributed by atoms with van der Waals surface area (Å²) in [6, 6.07) is 1.77. The van der Waals surface area contributed by atoms with Crippen molar-refractivity contribution in [3.05, 3.63) is 34.8 Å². The minimum Gasteiger partial charge on any atom is -0.384 e. The molecule has 0 aliphatic carbocycles. The first kappa shape index (κ1) is 14.2. The van der Waals surface area contributed by atoms with Crippen molar-refractivity contribution in [1.29, 1.82) is 0 Å². The van der Waals surface area contributed by atoms with Crippen molar-refractivity contribution in [2.45, 2.75) is 17.4 Å².